The van der Waals surface area contributed by atoms with Crippen molar-refractivity contribution < 1.29 is 14.7 Å². The lowest BCUT2D eigenvalue weighted by Crippen LogP contribution is -2.53. The molecular formula is C15H18BrNO3S. The van der Waals surface area contributed by atoms with E-state index >= 15 is 0 Å². The molecule has 0 atom stereocenters. The van der Waals surface area contributed by atoms with Crippen molar-refractivity contribution >= 4 is 45.2 Å². The molecule has 114 valence electrons. The van der Waals surface area contributed by atoms with Gasteiger partial charge in [0.25, 0.3) is 0 Å². The highest BCUT2D eigenvalue weighted by Crippen LogP contribution is 2.28. The van der Waals surface area contributed by atoms with Crippen LogP contribution in [0.1, 0.15) is 43.4 Å². The van der Waals surface area contributed by atoms with Crippen molar-refractivity contribution in [2.24, 2.45) is 0 Å². The number of amides is 1. The number of rotatable bonds is 4. The standard InChI is InChI=1S/C15H18BrNO3S/c16-12-7-5-11(21-12)6-8-13(18)17-15(14(19)20)9-3-1-2-4-10-15/h5-8H,1-4,9-10H2,(H,17,18)(H,19,20)/b8-6+. The topological polar surface area (TPSA) is 66.4 Å². The molecule has 1 heterocycles. The number of carbonyl (C=O) groups is 2. The normalized spacial score (nSPS) is 18.3. The first-order chi connectivity index (χ1) is 10.0. The van der Waals surface area contributed by atoms with Crippen molar-refractivity contribution in [2.45, 2.75) is 44.1 Å². The zero-order valence-electron chi connectivity index (χ0n) is 11.6. The van der Waals surface area contributed by atoms with E-state index in [2.05, 4.69) is 21.2 Å². The van der Waals surface area contributed by atoms with Crippen LogP contribution in [0.5, 0.6) is 0 Å². The van der Waals surface area contributed by atoms with Crippen LogP contribution >= 0.6 is 27.3 Å². The molecule has 6 heteroatoms. The third-order valence-corrected chi connectivity index (χ3v) is 5.31. The van der Waals surface area contributed by atoms with E-state index < -0.39 is 11.5 Å². The van der Waals surface area contributed by atoms with Crippen LogP contribution in [0.4, 0.5) is 0 Å². The molecule has 1 aliphatic rings. The Morgan fingerprint density at radius 2 is 1.90 bits per heavy atom. The van der Waals surface area contributed by atoms with Crippen LogP contribution in [0.15, 0.2) is 22.0 Å². The lowest BCUT2D eigenvalue weighted by molar-refractivity contribution is -0.147. The van der Waals surface area contributed by atoms with E-state index in [0.717, 1.165) is 34.3 Å². The summed E-state index contributed by atoms with van der Waals surface area (Å²) >= 11 is 4.88. The molecule has 2 N–H and O–H groups in total. The van der Waals surface area contributed by atoms with Crippen LogP contribution in [0.3, 0.4) is 0 Å². The third-order valence-electron chi connectivity index (χ3n) is 3.72. The molecule has 0 aromatic carbocycles. The van der Waals surface area contributed by atoms with Gasteiger partial charge < -0.3 is 10.4 Å². The Kier molecular flexibility index (Phi) is 5.58. The molecule has 0 unspecified atom stereocenters. The molecule has 0 bridgehead atoms. The van der Waals surface area contributed by atoms with Crippen LogP contribution in [0.2, 0.25) is 0 Å². The number of thiophene rings is 1. The Morgan fingerprint density at radius 3 is 2.43 bits per heavy atom. The van der Waals surface area contributed by atoms with E-state index in [9.17, 15) is 14.7 Å². The number of hydrogen-bond donors (Lipinski definition) is 2. The van der Waals surface area contributed by atoms with Gasteiger partial charge in [0, 0.05) is 11.0 Å². The van der Waals surface area contributed by atoms with E-state index in [1.54, 1.807) is 6.08 Å². The zero-order chi connectivity index (χ0) is 15.3. The number of aliphatic carboxylic acids is 1. The average molecular weight is 372 g/mol. The summed E-state index contributed by atoms with van der Waals surface area (Å²) < 4.78 is 0.994. The van der Waals surface area contributed by atoms with Gasteiger partial charge in [0.1, 0.15) is 5.54 Å². The second-order valence-electron chi connectivity index (χ2n) is 5.27. The maximum atomic E-state index is 12.0. The molecule has 0 saturated heterocycles. The van der Waals surface area contributed by atoms with Crippen molar-refractivity contribution in [3.8, 4) is 0 Å². The van der Waals surface area contributed by atoms with Gasteiger partial charge in [-0.15, -0.1) is 11.3 Å². The molecule has 1 fully saturated rings. The lowest BCUT2D eigenvalue weighted by atomic mass is 9.90. The summed E-state index contributed by atoms with van der Waals surface area (Å²) in [5.41, 5.74) is -1.10. The predicted octanol–water partition coefficient (Wildman–Crippen LogP) is 3.82. The van der Waals surface area contributed by atoms with Gasteiger partial charge in [0.15, 0.2) is 0 Å². The highest BCUT2D eigenvalue weighted by atomic mass is 79.9. The number of carboxylic acid groups (broad SMARTS) is 1. The number of hydrogen-bond acceptors (Lipinski definition) is 3. The highest BCUT2D eigenvalue weighted by Gasteiger charge is 2.39. The molecule has 0 aliphatic heterocycles. The minimum atomic E-state index is -1.10. The SMILES string of the molecule is O=C(/C=C/c1ccc(Br)s1)NC1(C(=O)O)CCCCCC1. The van der Waals surface area contributed by atoms with Crippen molar-refractivity contribution in [3.05, 3.63) is 26.9 Å². The molecule has 1 amide bonds. The summed E-state index contributed by atoms with van der Waals surface area (Å²) in [5.74, 6) is -1.27. The van der Waals surface area contributed by atoms with Crippen LogP contribution in [-0.4, -0.2) is 22.5 Å². The van der Waals surface area contributed by atoms with E-state index in [0.29, 0.717) is 12.8 Å². The van der Waals surface area contributed by atoms with Gasteiger partial charge in [-0.05, 0) is 47.0 Å². The lowest BCUT2D eigenvalue weighted by Gasteiger charge is -2.28. The van der Waals surface area contributed by atoms with Crippen molar-refractivity contribution in [1.82, 2.24) is 5.32 Å². The van der Waals surface area contributed by atoms with Gasteiger partial charge in [-0.3, -0.25) is 4.79 Å². The van der Waals surface area contributed by atoms with Crippen LogP contribution in [0.25, 0.3) is 6.08 Å². The van der Waals surface area contributed by atoms with Gasteiger partial charge in [0.05, 0.1) is 3.79 Å². The summed E-state index contributed by atoms with van der Waals surface area (Å²) in [6, 6.07) is 3.81. The van der Waals surface area contributed by atoms with Gasteiger partial charge in [-0.1, -0.05) is 25.7 Å². The second kappa shape index (κ2) is 7.22. The fourth-order valence-corrected chi connectivity index (χ4v) is 3.90. The van der Waals surface area contributed by atoms with Crippen molar-refractivity contribution in [2.75, 3.05) is 0 Å². The molecule has 4 nitrogen and oxygen atoms in total. The molecule has 0 radical (unpaired) electrons. The molecule has 1 saturated carbocycles. The fourth-order valence-electron chi connectivity index (χ4n) is 2.58. The summed E-state index contributed by atoms with van der Waals surface area (Å²) in [4.78, 5) is 24.6. The van der Waals surface area contributed by atoms with Crippen molar-refractivity contribution in [1.29, 1.82) is 0 Å². The number of carbonyl (C=O) groups excluding carboxylic acids is 1. The Balaban J connectivity index is 2.04. The summed E-state index contributed by atoms with van der Waals surface area (Å²) in [6.07, 6.45) is 7.88. The van der Waals surface area contributed by atoms with Gasteiger partial charge in [0.2, 0.25) is 5.91 Å². The summed E-state index contributed by atoms with van der Waals surface area (Å²) in [6.45, 7) is 0. The Morgan fingerprint density at radius 1 is 1.24 bits per heavy atom. The monoisotopic (exact) mass is 371 g/mol. The minimum Gasteiger partial charge on any atom is -0.480 e. The van der Waals surface area contributed by atoms with E-state index in [1.807, 2.05) is 12.1 Å². The summed E-state index contributed by atoms with van der Waals surface area (Å²) in [7, 11) is 0. The van der Waals surface area contributed by atoms with Crippen LogP contribution in [0, 0.1) is 0 Å². The Bertz CT molecular complexity index is 545. The molecule has 21 heavy (non-hydrogen) atoms. The molecule has 0 spiro atoms. The van der Waals surface area contributed by atoms with Gasteiger partial charge >= 0.3 is 5.97 Å². The van der Waals surface area contributed by atoms with Gasteiger partial charge in [-0.25, -0.2) is 4.79 Å². The third kappa shape index (κ3) is 4.41. The minimum absolute atomic E-state index is 0.344. The first-order valence-corrected chi connectivity index (χ1v) is 8.62. The maximum absolute atomic E-state index is 12.0. The largest absolute Gasteiger partial charge is 0.480 e. The summed E-state index contributed by atoms with van der Waals surface area (Å²) in [5, 5.41) is 12.2. The number of halogens is 1. The zero-order valence-corrected chi connectivity index (χ0v) is 14.0. The molecule has 2 rings (SSSR count). The van der Waals surface area contributed by atoms with E-state index in [4.69, 9.17) is 0 Å². The number of nitrogens with one attached hydrogen (secondary N) is 1. The Hall–Kier alpha value is -1.14. The molecular weight excluding hydrogens is 354 g/mol. The molecule has 1 aromatic heterocycles. The molecule has 1 aromatic rings. The van der Waals surface area contributed by atoms with E-state index in [-0.39, 0.29) is 5.91 Å². The van der Waals surface area contributed by atoms with Crippen molar-refractivity contribution in [3.63, 3.8) is 0 Å². The first-order valence-electron chi connectivity index (χ1n) is 7.01. The smallest absolute Gasteiger partial charge is 0.329 e. The Labute approximate surface area is 136 Å². The van der Waals surface area contributed by atoms with Crippen LogP contribution < -0.4 is 5.32 Å². The fraction of sp³-hybridized carbons (Fsp3) is 0.467. The average Bonchev–Trinajstić information content (AvgIpc) is 2.71. The number of carboxylic acids is 1. The van der Waals surface area contributed by atoms with Crippen LogP contribution in [-0.2, 0) is 9.59 Å². The maximum Gasteiger partial charge on any atom is 0.329 e. The predicted molar refractivity (Wildman–Crippen MR) is 87.3 cm³/mol. The molecule has 1 aliphatic carbocycles. The van der Waals surface area contributed by atoms with Gasteiger partial charge in [-0.2, -0.15) is 0 Å². The van der Waals surface area contributed by atoms with E-state index in [1.165, 1.54) is 17.4 Å². The second-order valence-corrected chi connectivity index (χ2v) is 7.76. The first kappa shape index (κ1) is 16.2. The quantitative estimate of drug-likeness (QED) is 0.624. The highest BCUT2D eigenvalue weighted by molar-refractivity contribution is 9.11.